The van der Waals surface area contributed by atoms with Gasteiger partial charge in [0, 0.05) is 20.1 Å². The summed E-state index contributed by atoms with van der Waals surface area (Å²) < 4.78 is 8.28. The zero-order chi connectivity index (χ0) is 17.8. The number of thiazole rings is 1. The van der Waals surface area contributed by atoms with E-state index >= 15 is 0 Å². The molecule has 134 valence electrons. The lowest BCUT2D eigenvalue weighted by atomic mass is 10.2. The van der Waals surface area contributed by atoms with Crippen LogP contribution in [0.25, 0.3) is 10.2 Å². The highest BCUT2D eigenvalue weighted by Crippen LogP contribution is 2.17. The number of carbonyl (C=O) groups is 2. The number of rotatable bonds is 4. The predicted molar refractivity (Wildman–Crippen MR) is 101 cm³/mol. The molecule has 0 radical (unpaired) electrons. The van der Waals surface area contributed by atoms with E-state index in [0.717, 1.165) is 10.2 Å². The van der Waals surface area contributed by atoms with Gasteiger partial charge in [-0.2, -0.15) is 4.99 Å². The summed E-state index contributed by atoms with van der Waals surface area (Å²) in [5.74, 6) is 0.366. The first-order chi connectivity index (χ1) is 12.0. The minimum Gasteiger partial charge on any atom is -0.378 e. The quantitative estimate of drug-likeness (QED) is 0.809. The average Bonchev–Trinajstić information content (AvgIpc) is 2.90. The fourth-order valence-corrected chi connectivity index (χ4v) is 4.45. The molecule has 2 heterocycles. The van der Waals surface area contributed by atoms with Crippen LogP contribution in [0.1, 0.15) is 5.56 Å². The zero-order valence-corrected chi connectivity index (χ0v) is 16.0. The number of carbonyl (C=O) groups excluding carboxylic acids is 2. The zero-order valence-electron chi connectivity index (χ0n) is 14.4. The molecule has 0 saturated carbocycles. The SMILES string of the molecule is Cc1ccc2c(c1)sc(=NC(=O)CSCC(=O)N1CCOCC1)n2C. The fourth-order valence-electron chi connectivity index (χ4n) is 2.62. The maximum absolute atomic E-state index is 12.1. The van der Waals surface area contributed by atoms with Gasteiger partial charge in [0.15, 0.2) is 4.80 Å². The first-order valence-electron chi connectivity index (χ1n) is 8.11. The molecular formula is C17H21N3O3S2. The van der Waals surface area contributed by atoms with Crippen molar-refractivity contribution in [2.45, 2.75) is 6.92 Å². The van der Waals surface area contributed by atoms with Gasteiger partial charge in [0.25, 0.3) is 5.91 Å². The van der Waals surface area contributed by atoms with Crippen molar-refractivity contribution in [1.29, 1.82) is 0 Å². The minimum atomic E-state index is -0.210. The highest BCUT2D eigenvalue weighted by molar-refractivity contribution is 8.00. The van der Waals surface area contributed by atoms with E-state index in [1.807, 2.05) is 30.7 Å². The van der Waals surface area contributed by atoms with E-state index < -0.39 is 0 Å². The molecule has 0 unspecified atom stereocenters. The molecule has 1 aliphatic heterocycles. The minimum absolute atomic E-state index is 0.0593. The van der Waals surface area contributed by atoms with Gasteiger partial charge in [0.05, 0.1) is 34.9 Å². The number of aryl methyl sites for hydroxylation is 2. The Labute approximate surface area is 154 Å². The van der Waals surface area contributed by atoms with Crippen LogP contribution < -0.4 is 4.80 Å². The summed E-state index contributed by atoms with van der Waals surface area (Å²) in [6.45, 7) is 4.49. The van der Waals surface area contributed by atoms with Gasteiger partial charge in [0.2, 0.25) is 5.91 Å². The second-order valence-electron chi connectivity index (χ2n) is 5.91. The van der Waals surface area contributed by atoms with Crippen LogP contribution in [-0.4, -0.2) is 59.1 Å². The molecule has 3 rings (SSSR count). The molecule has 25 heavy (non-hydrogen) atoms. The maximum Gasteiger partial charge on any atom is 0.258 e. The molecule has 8 heteroatoms. The van der Waals surface area contributed by atoms with Gasteiger partial charge >= 0.3 is 0 Å². The third-order valence-electron chi connectivity index (χ3n) is 4.00. The van der Waals surface area contributed by atoms with Gasteiger partial charge in [-0.3, -0.25) is 9.59 Å². The molecular weight excluding hydrogens is 358 g/mol. The molecule has 1 saturated heterocycles. The molecule has 1 aliphatic rings. The molecule has 6 nitrogen and oxygen atoms in total. The standard InChI is InChI=1S/C17H21N3O3S2/c1-12-3-4-13-14(9-12)25-17(19(13)2)18-15(21)10-24-11-16(22)20-5-7-23-8-6-20/h3-4,9H,5-8,10-11H2,1-2H3. The molecule has 0 spiro atoms. The van der Waals surface area contributed by atoms with Crippen molar-refractivity contribution in [3.8, 4) is 0 Å². The summed E-state index contributed by atoms with van der Waals surface area (Å²) in [6.07, 6.45) is 0. The Morgan fingerprint density at radius 3 is 2.80 bits per heavy atom. The van der Waals surface area contributed by atoms with Gasteiger partial charge in [-0.15, -0.1) is 11.8 Å². The Balaban J connectivity index is 1.59. The van der Waals surface area contributed by atoms with E-state index in [0.29, 0.717) is 36.9 Å². The number of amides is 2. The Hall–Kier alpha value is -1.64. The second kappa shape index (κ2) is 8.16. The highest BCUT2D eigenvalue weighted by atomic mass is 32.2. The van der Waals surface area contributed by atoms with Crippen molar-refractivity contribution in [1.82, 2.24) is 9.47 Å². The fraction of sp³-hybridized carbons (Fsp3) is 0.471. The molecule has 1 fully saturated rings. The van der Waals surface area contributed by atoms with E-state index in [9.17, 15) is 9.59 Å². The average molecular weight is 380 g/mol. The normalized spacial score (nSPS) is 15.8. The lowest BCUT2D eigenvalue weighted by molar-refractivity contribution is -0.132. The molecule has 0 atom stereocenters. The van der Waals surface area contributed by atoms with Crippen molar-refractivity contribution >= 4 is 45.1 Å². The van der Waals surface area contributed by atoms with Crippen molar-refractivity contribution in [2.75, 3.05) is 37.8 Å². The summed E-state index contributed by atoms with van der Waals surface area (Å²) in [4.78, 5) is 30.9. The van der Waals surface area contributed by atoms with Crippen LogP contribution in [0.4, 0.5) is 0 Å². The second-order valence-corrected chi connectivity index (χ2v) is 7.90. The van der Waals surface area contributed by atoms with E-state index in [4.69, 9.17) is 4.74 Å². The first-order valence-corrected chi connectivity index (χ1v) is 10.1. The van der Waals surface area contributed by atoms with Crippen LogP contribution in [-0.2, 0) is 21.4 Å². The smallest absolute Gasteiger partial charge is 0.258 e. The maximum atomic E-state index is 12.1. The van der Waals surface area contributed by atoms with Crippen LogP contribution in [0.3, 0.4) is 0 Å². The Morgan fingerprint density at radius 2 is 2.04 bits per heavy atom. The van der Waals surface area contributed by atoms with Crippen LogP contribution >= 0.6 is 23.1 Å². The van der Waals surface area contributed by atoms with Crippen LogP contribution in [0.2, 0.25) is 0 Å². The van der Waals surface area contributed by atoms with Gasteiger partial charge < -0.3 is 14.2 Å². The highest BCUT2D eigenvalue weighted by Gasteiger charge is 2.16. The number of hydrogen-bond acceptors (Lipinski definition) is 5. The number of fused-ring (bicyclic) bond motifs is 1. The summed E-state index contributed by atoms with van der Waals surface area (Å²) in [5.41, 5.74) is 2.25. The van der Waals surface area contributed by atoms with Crippen molar-refractivity contribution < 1.29 is 14.3 Å². The Kier molecular flexibility index (Phi) is 5.93. The number of hydrogen-bond donors (Lipinski definition) is 0. The third-order valence-corrected chi connectivity index (χ3v) is 6.00. The molecule has 1 aromatic heterocycles. The summed E-state index contributed by atoms with van der Waals surface area (Å²) in [6, 6.07) is 6.19. The Bertz CT molecular complexity index is 850. The molecule has 1 aromatic carbocycles. The van der Waals surface area contributed by atoms with Gasteiger partial charge in [-0.05, 0) is 24.6 Å². The number of nitrogens with zero attached hydrogens (tertiary/aromatic N) is 3. The topological polar surface area (TPSA) is 63.9 Å². The van der Waals surface area contributed by atoms with Crippen molar-refractivity contribution in [2.24, 2.45) is 12.0 Å². The van der Waals surface area contributed by atoms with Gasteiger partial charge in [-0.25, -0.2) is 0 Å². The van der Waals surface area contributed by atoms with Crippen molar-refractivity contribution in [3.05, 3.63) is 28.6 Å². The molecule has 0 N–H and O–H groups in total. The van der Waals surface area contributed by atoms with Gasteiger partial charge in [0.1, 0.15) is 0 Å². The summed E-state index contributed by atoms with van der Waals surface area (Å²) >= 11 is 2.82. The largest absolute Gasteiger partial charge is 0.378 e. The summed E-state index contributed by atoms with van der Waals surface area (Å²) in [5, 5.41) is 0. The number of aromatic nitrogens is 1. The number of thioether (sulfide) groups is 1. The van der Waals surface area contributed by atoms with Gasteiger partial charge in [-0.1, -0.05) is 17.4 Å². The molecule has 2 amide bonds. The first kappa shape index (κ1) is 18.2. The molecule has 0 bridgehead atoms. The van der Waals surface area contributed by atoms with E-state index in [-0.39, 0.29) is 17.6 Å². The number of ether oxygens (including phenoxy) is 1. The monoisotopic (exact) mass is 379 g/mol. The lowest BCUT2D eigenvalue weighted by Gasteiger charge is -2.26. The predicted octanol–water partition coefficient (Wildman–Crippen LogP) is 1.57. The van der Waals surface area contributed by atoms with E-state index in [1.165, 1.54) is 28.7 Å². The lowest BCUT2D eigenvalue weighted by Crippen LogP contribution is -2.41. The molecule has 2 aromatic rings. The third kappa shape index (κ3) is 4.50. The number of benzene rings is 1. The number of morpholine rings is 1. The molecule has 0 aliphatic carbocycles. The Morgan fingerprint density at radius 1 is 1.28 bits per heavy atom. The van der Waals surface area contributed by atoms with Crippen LogP contribution in [0.5, 0.6) is 0 Å². The summed E-state index contributed by atoms with van der Waals surface area (Å²) in [7, 11) is 1.91. The van der Waals surface area contributed by atoms with Crippen LogP contribution in [0.15, 0.2) is 23.2 Å². The van der Waals surface area contributed by atoms with Crippen molar-refractivity contribution in [3.63, 3.8) is 0 Å². The van der Waals surface area contributed by atoms with Crippen LogP contribution in [0, 0.1) is 6.92 Å². The van der Waals surface area contributed by atoms with E-state index in [2.05, 4.69) is 11.1 Å². The van der Waals surface area contributed by atoms with E-state index in [1.54, 1.807) is 4.90 Å².